The molecule has 29 heavy (non-hydrogen) atoms. The average molecular weight is 396 g/mol. The Balaban J connectivity index is 1.53. The molecule has 2 aromatic carbocycles. The molecule has 0 saturated carbocycles. The molecule has 2 atom stereocenters. The van der Waals surface area contributed by atoms with Crippen LogP contribution in [0.1, 0.15) is 37.0 Å². The molecule has 1 heterocycles. The van der Waals surface area contributed by atoms with Gasteiger partial charge in [-0.1, -0.05) is 37.3 Å². The van der Waals surface area contributed by atoms with Crippen LogP contribution in [-0.4, -0.2) is 40.4 Å². The zero-order valence-electron chi connectivity index (χ0n) is 16.6. The number of carbonyl (C=O) groups is 1. The monoisotopic (exact) mass is 396 g/mol. The Kier molecular flexibility index (Phi) is 7.27. The fourth-order valence-electron chi connectivity index (χ4n) is 3.33. The van der Waals surface area contributed by atoms with Crippen LogP contribution in [0.15, 0.2) is 54.7 Å². The SMILES string of the molecule is CCCOc1ccc(C(O)CCN[C@@H](Cc2c[nH]c3ccccc23)C(=O)O)cc1. The number of hydrogen-bond acceptors (Lipinski definition) is 4. The fraction of sp³-hybridized carbons (Fsp3) is 0.348. The van der Waals surface area contributed by atoms with Crippen LogP contribution in [0.25, 0.3) is 10.9 Å². The van der Waals surface area contributed by atoms with Gasteiger partial charge in [0.25, 0.3) is 0 Å². The summed E-state index contributed by atoms with van der Waals surface area (Å²) >= 11 is 0. The molecular weight excluding hydrogens is 368 g/mol. The molecule has 0 fully saturated rings. The van der Waals surface area contributed by atoms with E-state index in [-0.39, 0.29) is 0 Å². The summed E-state index contributed by atoms with van der Waals surface area (Å²) in [4.78, 5) is 14.9. The van der Waals surface area contributed by atoms with Crippen molar-refractivity contribution in [3.8, 4) is 5.75 Å². The Labute approximate surface area is 170 Å². The lowest BCUT2D eigenvalue weighted by atomic mass is 10.0. The summed E-state index contributed by atoms with van der Waals surface area (Å²) in [5.41, 5.74) is 2.75. The second-order valence-electron chi connectivity index (χ2n) is 7.13. The van der Waals surface area contributed by atoms with Crippen molar-refractivity contribution in [1.29, 1.82) is 0 Å². The molecule has 0 amide bonds. The zero-order valence-corrected chi connectivity index (χ0v) is 16.6. The van der Waals surface area contributed by atoms with Crippen LogP contribution in [0.5, 0.6) is 5.75 Å². The molecule has 1 aromatic heterocycles. The van der Waals surface area contributed by atoms with Gasteiger partial charge in [-0.15, -0.1) is 0 Å². The van der Waals surface area contributed by atoms with E-state index in [4.69, 9.17) is 4.74 Å². The Morgan fingerprint density at radius 2 is 1.93 bits per heavy atom. The van der Waals surface area contributed by atoms with Crippen LogP contribution in [0.2, 0.25) is 0 Å². The van der Waals surface area contributed by atoms with Gasteiger partial charge >= 0.3 is 5.97 Å². The number of carboxylic acids is 1. The van der Waals surface area contributed by atoms with Gasteiger partial charge in [0.05, 0.1) is 12.7 Å². The van der Waals surface area contributed by atoms with Crippen molar-refractivity contribution in [3.63, 3.8) is 0 Å². The van der Waals surface area contributed by atoms with Crippen molar-refractivity contribution in [2.24, 2.45) is 0 Å². The average Bonchev–Trinajstić information content (AvgIpc) is 3.14. The molecule has 6 nitrogen and oxygen atoms in total. The smallest absolute Gasteiger partial charge is 0.321 e. The van der Waals surface area contributed by atoms with Gasteiger partial charge in [-0.25, -0.2) is 0 Å². The minimum absolute atomic E-state index is 0.374. The lowest BCUT2D eigenvalue weighted by Gasteiger charge is -2.17. The highest BCUT2D eigenvalue weighted by atomic mass is 16.5. The number of para-hydroxylation sites is 1. The second-order valence-corrected chi connectivity index (χ2v) is 7.13. The summed E-state index contributed by atoms with van der Waals surface area (Å²) in [6.07, 6.45) is 2.94. The number of rotatable bonds is 11. The predicted octanol–water partition coefficient (Wildman–Crippen LogP) is 3.67. The summed E-state index contributed by atoms with van der Waals surface area (Å²) in [5.74, 6) is -0.118. The number of aromatic nitrogens is 1. The normalized spacial score (nSPS) is 13.3. The lowest BCUT2D eigenvalue weighted by molar-refractivity contribution is -0.139. The number of ether oxygens (including phenoxy) is 1. The minimum Gasteiger partial charge on any atom is -0.494 e. The molecule has 0 bridgehead atoms. The highest BCUT2D eigenvalue weighted by Gasteiger charge is 2.19. The highest BCUT2D eigenvalue weighted by Crippen LogP contribution is 2.21. The van der Waals surface area contributed by atoms with Gasteiger partial charge in [-0.05, 0) is 48.7 Å². The van der Waals surface area contributed by atoms with Crippen molar-refractivity contribution in [2.45, 2.75) is 38.3 Å². The number of carboxylic acid groups (broad SMARTS) is 1. The highest BCUT2D eigenvalue weighted by molar-refractivity contribution is 5.84. The third-order valence-corrected chi connectivity index (χ3v) is 4.94. The Morgan fingerprint density at radius 1 is 1.17 bits per heavy atom. The first kappa shape index (κ1) is 20.9. The van der Waals surface area contributed by atoms with Crippen LogP contribution in [0.3, 0.4) is 0 Å². The number of fused-ring (bicyclic) bond motifs is 1. The quantitative estimate of drug-likeness (QED) is 0.397. The van der Waals surface area contributed by atoms with Crippen LogP contribution in [-0.2, 0) is 11.2 Å². The molecular formula is C23H28N2O4. The number of H-pyrrole nitrogens is 1. The molecule has 6 heteroatoms. The number of aromatic amines is 1. The summed E-state index contributed by atoms with van der Waals surface area (Å²) < 4.78 is 5.55. The Hall–Kier alpha value is -2.83. The molecule has 3 rings (SSSR count). The molecule has 0 spiro atoms. The Morgan fingerprint density at radius 3 is 2.66 bits per heavy atom. The molecule has 1 unspecified atom stereocenters. The predicted molar refractivity (Wildman–Crippen MR) is 113 cm³/mol. The van der Waals surface area contributed by atoms with Crippen LogP contribution >= 0.6 is 0 Å². The zero-order chi connectivity index (χ0) is 20.6. The third kappa shape index (κ3) is 5.59. The maximum absolute atomic E-state index is 11.7. The third-order valence-electron chi connectivity index (χ3n) is 4.94. The number of aliphatic hydroxyl groups is 1. The van der Waals surface area contributed by atoms with E-state index in [2.05, 4.69) is 10.3 Å². The number of benzene rings is 2. The van der Waals surface area contributed by atoms with Crippen LogP contribution in [0, 0.1) is 0 Å². The van der Waals surface area contributed by atoms with Crippen LogP contribution < -0.4 is 10.1 Å². The number of aliphatic hydroxyl groups excluding tert-OH is 1. The standard InChI is InChI=1S/C23H28N2O4/c1-2-13-29-18-9-7-16(8-10-18)22(26)11-12-24-21(23(27)28)14-17-15-25-20-6-4-3-5-19(17)20/h3-10,15,21-22,24-26H,2,11-14H2,1H3,(H,27,28)/t21-,22?/m0/s1. The van der Waals surface area contributed by atoms with E-state index < -0.39 is 18.1 Å². The number of hydrogen-bond donors (Lipinski definition) is 4. The largest absolute Gasteiger partial charge is 0.494 e. The van der Waals surface area contributed by atoms with Crippen molar-refractivity contribution in [1.82, 2.24) is 10.3 Å². The van der Waals surface area contributed by atoms with E-state index in [9.17, 15) is 15.0 Å². The number of aliphatic carboxylic acids is 1. The molecule has 0 aliphatic rings. The van der Waals surface area contributed by atoms with Gasteiger partial charge in [0.15, 0.2) is 0 Å². The van der Waals surface area contributed by atoms with E-state index in [0.29, 0.717) is 26.0 Å². The summed E-state index contributed by atoms with van der Waals surface area (Å²) in [6, 6.07) is 14.5. The summed E-state index contributed by atoms with van der Waals surface area (Å²) in [5, 5.41) is 24.1. The minimum atomic E-state index is -0.901. The maximum Gasteiger partial charge on any atom is 0.321 e. The first-order valence-corrected chi connectivity index (χ1v) is 10.0. The summed E-state index contributed by atoms with van der Waals surface area (Å²) in [7, 11) is 0. The lowest BCUT2D eigenvalue weighted by Crippen LogP contribution is -2.39. The van der Waals surface area contributed by atoms with Crippen molar-refractivity contribution in [3.05, 3.63) is 65.9 Å². The molecule has 3 aromatic rings. The number of nitrogens with one attached hydrogen (secondary N) is 2. The summed E-state index contributed by atoms with van der Waals surface area (Å²) in [6.45, 7) is 3.11. The van der Waals surface area contributed by atoms with Crippen molar-refractivity contribution < 1.29 is 19.7 Å². The van der Waals surface area contributed by atoms with E-state index in [1.165, 1.54) is 0 Å². The van der Waals surface area contributed by atoms with Gasteiger partial charge in [0.2, 0.25) is 0 Å². The molecule has 0 saturated heterocycles. The van der Waals surface area contributed by atoms with Gasteiger partial charge in [0, 0.05) is 23.5 Å². The molecule has 4 N–H and O–H groups in total. The van der Waals surface area contributed by atoms with Crippen LogP contribution in [0.4, 0.5) is 0 Å². The maximum atomic E-state index is 11.7. The van der Waals surface area contributed by atoms with Crippen molar-refractivity contribution >= 4 is 16.9 Å². The molecule has 0 radical (unpaired) electrons. The second kappa shape index (κ2) is 10.1. The van der Waals surface area contributed by atoms with E-state index in [0.717, 1.165) is 34.2 Å². The molecule has 0 aliphatic carbocycles. The van der Waals surface area contributed by atoms with Crippen molar-refractivity contribution in [2.75, 3.05) is 13.2 Å². The van der Waals surface area contributed by atoms with Gasteiger partial charge in [0.1, 0.15) is 11.8 Å². The van der Waals surface area contributed by atoms with Gasteiger partial charge in [-0.3, -0.25) is 4.79 Å². The van der Waals surface area contributed by atoms with Gasteiger partial charge in [-0.2, -0.15) is 0 Å². The van der Waals surface area contributed by atoms with E-state index >= 15 is 0 Å². The van der Waals surface area contributed by atoms with Gasteiger partial charge < -0.3 is 25.3 Å². The fourth-order valence-corrected chi connectivity index (χ4v) is 3.33. The van der Waals surface area contributed by atoms with E-state index in [1.807, 2.05) is 61.7 Å². The first-order chi connectivity index (χ1) is 14.1. The molecule has 154 valence electrons. The van der Waals surface area contributed by atoms with E-state index in [1.54, 1.807) is 0 Å². The molecule has 0 aliphatic heterocycles. The Bertz CT molecular complexity index is 920. The first-order valence-electron chi connectivity index (χ1n) is 10.0. The topological polar surface area (TPSA) is 94.6 Å².